The molecular weight excluding hydrogens is 338 g/mol. The van der Waals surface area contributed by atoms with E-state index in [9.17, 15) is 4.79 Å². The molecule has 0 radical (unpaired) electrons. The van der Waals surface area contributed by atoms with Gasteiger partial charge in [-0.15, -0.1) is 0 Å². The molecule has 0 fully saturated rings. The lowest BCUT2D eigenvalue weighted by atomic mass is 10.2. The Bertz CT molecular complexity index is 686. The van der Waals surface area contributed by atoms with Gasteiger partial charge in [-0.2, -0.15) is 0 Å². The van der Waals surface area contributed by atoms with Crippen LogP contribution in [-0.2, 0) is 11.3 Å². The van der Waals surface area contributed by atoms with Crippen LogP contribution in [0.5, 0.6) is 11.5 Å². The predicted octanol–water partition coefficient (Wildman–Crippen LogP) is 4.60. The van der Waals surface area contributed by atoms with Crippen molar-refractivity contribution in [3.05, 3.63) is 59.1 Å². The van der Waals surface area contributed by atoms with Crippen molar-refractivity contribution in [2.24, 2.45) is 0 Å². The molecule has 0 aliphatic heterocycles. The number of amides is 1. The second-order valence-electron chi connectivity index (χ2n) is 6.00. The van der Waals surface area contributed by atoms with E-state index >= 15 is 0 Å². The molecule has 1 N–H and O–H groups in total. The number of carbonyl (C=O) groups excluding carboxylic acids is 1. The number of carbonyl (C=O) groups is 1. The predicted molar refractivity (Wildman–Crippen MR) is 100 cm³/mol. The van der Waals surface area contributed by atoms with E-state index in [1.54, 1.807) is 24.3 Å². The van der Waals surface area contributed by atoms with Crippen molar-refractivity contribution < 1.29 is 14.3 Å². The summed E-state index contributed by atoms with van der Waals surface area (Å²) in [6.07, 6.45) is 0.142. The zero-order chi connectivity index (χ0) is 18.2. The van der Waals surface area contributed by atoms with Gasteiger partial charge in [0.15, 0.2) is 6.10 Å². The Hall–Kier alpha value is -2.20. The second-order valence-corrected chi connectivity index (χ2v) is 6.44. The number of hydrogen-bond donors (Lipinski definition) is 1. The lowest BCUT2D eigenvalue weighted by Gasteiger charge is -2.17. The highest BCUT2D eigenvalue weighted by Crippen LogP contribution is 2.18. The van der Waals surface area contributed by atoms with E-state index in [-0.39, 0.29) is 12.0 Å². The van der Waals surface area contributed by atoms with Gasteiger partial charge in [0.25, 0.3) is 5.91 Å². The van der Waals surface area contributed by atoms with Gasteiger partial charge in [-0.25, -0.2) is 0 Å². The first kappa shape index (κ1) is 19.1. The lowest BCUT2D eigenvalue weighted by molar-refractivity contribution is -0.128. The number of rotatable bonds is 8. The molecular formula is C20H24ClNO3. The van der Waals surface area contributed by atoms with Crippen molar-refractivity contribution in [2.75, 3.05) is 0 Å². The van der Waals surface area contributed by atoms with Crippen LogP contribution in [-0.4, -0.2) is 18.1 Å². The number of nitrogens with one attached hydrogen (secondary N) is 1. The Labute approximate surface area is 154 Å². The minimum atomic E-state index is -0.545. The normalized spacial score (nSPS) is 11.9. The Morgan fingerprint density at radius 3 is 2.44 bits per heavy atom. The van der Waals surface area contributed by atoms with Gasteiger partial charge >= 0.3 is 0 Å². The van der Waals surface area contributed by atoms with Crippen LogP contribution in [0.3, 0.4) is 0 Å². The van der Waals surface area contributed by atoms with Crippen LogP contribution in [0, 0.1) is 0 Å². The molecule has 2 rings (SSSR count). The molecule has 1 atom stereocenters. The molecule has 25 heavy (non-hydrogen) atoms. The first-order chi connectivity index (χ1) is 12.0. The summed E-state index contributed by atoms with van der Waals surface area (Å²) in [5.41, 5.74) is 0.979. The quantitative estimate of drug-likeness (QED) is 0.747. The summed E-state index contributed by atoms with van der Waals surface area (Å²) in [6.45, 7) is 6.30. The largest absolute Gasteiger partial charge is 0.491 e. The smallest absolute Gasteiger partial charge is 0.261 e. The number of ether oxygens (including phenoxy) is 2. The maximum atomic E-state index is 12.4. The summed E-state index contributed by atoms with van der Waals surface area (Å²) in [6, 6.07) is 14.7. The molecule has 4 nitrogen and oxygen atoms in total. The minimum absolute atomic E-state index is 0.113. The van der Waals surface area contributed by atoms with Gasteiger partial charge in [0.2, 0.25) is 0 Å². The van der Waals surface area contributed by atoms with Crippen LogP contribution >= 0.6 is 11.6 Å². The average Bonchev–Trinajstić information content (AvgIpc) is 2.59. The summed E-state index contributed by atoms with van der Waals surface area (Å²) in [4.78, 5) is 12.4. The van der Waals surface area contributed by atoms with Gasteiger partial charge in [0.1, 0.15) is 11.5 Å². The van der Waals surface area contributed by atoms with Crippen molar-refractivity contribution in [2.45, 2.75) is 45.9 Å². The Kier molecular flexibility index (Phi) is 7.14. The van der Waals surface area contributed by atoms with Gasteiger partial charge in [-0.05, 0) is 62.2 Å². The van der Waals surface area contributed by atoms with Gasteiger partial charge in [0.05, 0.1) is 6.10 Å². The lowest BCUT2D eigenvalue weighted by Crippen LogP contribution is -2.37. The molecule has 5 heteroatoms. The van der Waals surface area contributed by atoms with E-state index in [1.165, 1.54) is 0 Å². The topological polar surface area (TPSA) is 47.6 Å². The molecule has 1 unspecified atom stereocenters. The van der Waals surface area contributed by atoms with Crippen LogP contribution in [0.15, 0.2) is 48.5 Å². The summed E-state index contributed by atoms with van der Waals surface area (Å²) in [7, 11) is 0. The van der Waals surface area contributed by atoms with E-state index in [0.717, 1.165) is 11.3 Å². The fraction of sp³-hybridized carbons (Fsp3) is 0.350. The van der Waals surface area contributed by atoms with Crippen molar-refractivity contribution in [3.8, 4) is 11.5 Å². The molecule has 0 aliphatic carbocycles. The van der Waals surface area contributed by atoms with E-state index in [0.29, 0.717) is 23.7 Å². The van der Waals surface area contributed by atoms with Crippen molar-refractivity contribution in [1.82, 2.24) is 5.32 Å². The highest BCUT2D eigenvalue weighted by Gasteiger charge is 2.18. The number of benzene rings is 2. The molecule has 134 valence electrons. The Morgan fingerprint density at radius 1 is 1.08 bits per heavy atom. The molecule has 0 saturated carbocycles. The van der Waals surface area contributed by atoms with Crippen LogP contribution in [0.25, 0.3) is 0 Å². The average molecular weight is 362 g/mol. The molecule has 2 aromatic rings. The third kappa shape index (κ3) is 6.31. The van der Waals surface area contributed by atoms with Gasteiger partial charge in [-0.1, -0.05) is 30.7 Å². The molecule has 0 spiro atoms. The van der Waals surface area contributed by atoms with Crippen molar-refractivity contribution >= 4 is 17.5 Å². The first-order valence-electron chi connectivity index (χ1n) is 8.43. The fourth-order valence-electron chi connectivity index (χ4n) is 2.30. The molecule has 0 bridgehead atoms. The fourth-order valence-corrected chi connectivity index (χ4v) is 2.43. The zero-order valence-electron chi connectivity index (χ0n) is 14.8. The van der Waals surface area contributed by atoms with Gasteiger partial charge in [0, 0.05) is 11.6 Å². The van der Waals surface area contributed by atoms with Crippen molar-refractivity contribution in [3.63, 3.8) is 0 Å². The molecule has 2 aromatic carbocycles. The first-order valence-corrected chi connectivity index (χ1v) is 8.81. The summed E-state index contributed by atoms with van der Waals surface area (Å²) in [5, 5.41) is 3.55. The van der Waals surface area contributed by atoms with E-state index in [1.807, 2.05) is 45.0 Å². The second kappa shape index (κ2) is 9.33. The van der Waals surface area contributed by atoms with Crippen LogP contribution in [0.2, 0.25) is 5.02 Å². The third-order valence-electron chi connectivity index (χ3n) is 3.49. The molecule has 0 heterocycles. The molecule has 0 aromatic heterocycles. The van der Waals surface area contributed by atoms with Crippen LogP contribution < -0.4 is 14.8 Å². The summed E-state index contributed by atoms with van der Waals surface area (Å²) in [5.74, 6) is 1.28. The number of hydrogen-bond acceptors (Lipinski definition) is 3. The highest BCUT2D eigenvalue weighted by molar-refractivity contribution is 6.30. The summed E-state index contributed by atoms with van der Waals surface area (Å²) < 4.78 is 11.4. The van der Waals surface area contributed by atoms with Crippen molar-refractivity contribution in [1.29, 1.82) is 0 Å². The van der Waals surface area contributed by atoms with Gasteiger partial charge < -0.3 is 14.8 Å². The van der Waals surface area contributed by atoms with Crippen LogP contribution in [0.1, 0.15) is 32.8 Å². The molecule has 0 aliphatic rings. The maximum absolute atomic E-state index is 12.4. The Morgan fingerprint density at radius 2 is 1.80 bits per heavy atom. The highest BCUT2D eigenvalue weighted by atomic mass is 35.5. The summed E-state index contributed by atoms with van der Waals surface area (Å²) >= 11 is 5.86. The SMILES string of the molecule is CCC(Oc1ccc(Cl)cc1)C(=O)NCc1cccc(OC(C)C)c1. The standard InChI is InChI=1S/C20H24ClNO3/c1-4-19(25-17-10-8-16(21)9-11-17)20(23)22-13-15-6-5-7-18(12-15)24-14(2)3/h5-12,14,19H,4,13H2,1-3H3,(H,22,23). The van der Waals surface area contributed by atoms with E-state index in [2.05, 4.69) is 5.32 Å². The maximum Gasteiger partial charge on any atom is 0.261 e. The monoisotopic (exact) mass is 361 g/mol. The van der Waals surface area contributed by atoms with E-state index < -0.39 is 6.10 Å². The number of halogens is 1. The van der Waals surface area contributed by atoms with Crippen LogP contribution in [0.4, 0.5) is 0 Å². The Balaban J connectivity index is 1.92. The molecule has 0 saturated heterocycles. The minimum Gasteiger partial charge on any atom is -0.491 e. The third-order valence-corrected chi connectivity index (χ3v) is 3.74. The zero-order valence-corrected chi connectivity index (χ0v) is 15.5. The van der Waals surface area contributed by atoms with E-state index in [4.69, 9.17) is 21.1 Å². The van der Waals surface area contributed by atoms with Gasteiger partial charge in [-0.3, -0.25) is 4.79 Å². The molecule has 1 amide bonds.